The van der Waals surface area contributed by atoms with Crippen molar-refractivity contribution in [3.05, 3.63) is 16.1 Å². The van der Waals surface area contributed by atoms with Gasteiger partial charge in [0.2, 0.25) is 5.91 Å². The molecule has 1 saturated carbocycles. The maximum absolute atomic E-state index is 12.9. The minimum atomic E-state index is -0.423. The number of carbonyl (C=O) groups is 2. The van der Waals surface area contributed by atoms with Crippen molar-refractivity contribution >= 4 is 23.2 Å². The number of amides is 1. The first-order valence-corrected chi connectivity index (χ1v) is 9.85. The fourth-order valence-electron chi connectivity index (χ4n) is 3.17. The zero-order valence-electron chi connectivity index (χ0n) is 14.8. The first-order chi connectivity index (χ1) is 11.7. The van der Waals surface area contributed by atoms with Gasteiger partial charge in [-0.3, -0.25) is 4.79 Å². The predicted molar refractivity (Wildman–Crippen MR) is 95.0 cm³/mol. The Morgan fingerprint density at radius 3 is 2.71 bits per heavy atom. The van der Waals surface area contributed by atoms with Crippen LogP contribution in [0.2, 0.25) is 0 Å². The zero-order valence-corrected chi connectivity index (χ0v) is 15.6. The van der Waals surface area contributed by atoms with Crippen LogP contribution in [0, 0.1) is 5.92 Å². The van der Waals surface area contributed by atoms with Crippen LogP contribution in [0.4, 0.5) is 0 Å². The molecule has 5 nitrogen and oxygen atoms in total. The second kappa shape index (κ2) is 9.77. The fourth-order valence-corrected chi connectivity index (χ4v) is 3.95. The Morgan fingerprint density at radius 2 is 2.04 bits per heavy atom. The number of rotatable bonds is 8. The van der Waals surface area contributed by atoms with Gasteiger partial charge in [0.15, 0.2) is 5.69 Å². The molecule has 0 aromatic carbocycles. The van der Waals surface area contributed by atoms with E-state index in [1.54, 1.807) is 5.38 Å². The van der Waals surface area contributed by atoms with Crippen molar-refractivity contribution in [3.8, 4) is 0 Å². The van der Waals surface area contributed by atoms with Crippen molar-refractivity contribution in [2.45, 2.75) is 64.8 Å². The number of nitrogens with zero attached hydrogens (tertiary/aromatic N) is 2. The van der Waals surface area contributed by atoms with Crippen LogP contribution in [0.3, 0.4) is 0 Å². The Balaban J connectivity index is 2.02. The minimum Gasteiger partial charge on any atom is -0.464 e. The number of aromatic nitrogens is 1. The molecule has 1 aromatic heterocycles. The summed E-state index contributed by atoms with van der Waals surface area (Å²) in [6.07, 6.45) is 8.85. The van der Waals surface area contributed by atoms with Crippen LogP contribution >= 0.6 is 11.3 Å². The molecule has 0 atom stereocenters. The Morgan fingerprint density at radius 1 is 1.29 bits per heavy atom. The van der Waals surface area contributed by atoms with Crippen molar-refractivity contribution in [3.63, 3.8) is 0 Å². The van der Waals surface area contributed by atoms with Crippen molar-refractivity contribution in [1.82, 2.24) is 9.88 Å². The van der Waals surface area contributed by atoms with Gasteiger partial charge in [-0.25, -0.2) is 9.78 Å². The van der Waals surface area contributed by atoms with Crippen LogP contribution in [0.25, 0.3) is 0 Å². The molecule has 1 aliphatic carbocycles. The number of esters is 1. The molecule has 0 bridgehead atoms. The summed E-state index contributed by atoms with van der Waals surface area (Å²) in [5.41, 5.74) is 0.330. The predicted octanol–water partition coefficient (Wildman–Crippen LogP) is 4.03. The maximum atomic E-state index is 12.9. The highest BCUT2D eigenvalue weighted by molar-refractivity contribution is 7.09. The third-order valence-corrected chi connectivity index (χ3v) is 5.40. The fraction of sp³-hybridized carbons (Fsp3) is 0.722. The normalized spacial score (nSPS) is 15.2. The Kier molecular flexibility index (Phi) is 7.69. The highest BCUT2D eigenvalue weighted by atomic mass is 32.1. The van der Waals surface area contributed by atoms with Crippen LogP contribution in [-0.4, -0.2) is 35.4 Å². The first kappa shape index (κ1) is 18.9. The molecule has 0 radical (unpaired) electrons. The topological polar surface area (TPSA) is 59.5 Å². The number of hydrogen-bond acceptors (Lipinski definition) is 5. The molecule has 1 fully saturated rings. The van der Waals surface area contributed by atoms with Gasteiger partial charge in [0.1, 0.15) is 5.01 Å². The number of ether oxygens (including phenoxy) is 1. The lowest BCUT2D eigenvalue weighted by molar-refractivity contribution is -0.137. The maximum Gasteiger partial charge on any atom is 0.357 e. The largest absolute Gasteiger partial charge is 0.464 e. The Hall–Kier alpha value is -1.43. The quantitative estimate of drug-likeness (QED) is 0.523. The summed E-state index contributed by atoms with van der Waals surface area (Å²) in [4.78, 5) is 30.7. The summed E-state index contributed by atoms with van der Waals surface area (Å²) in [7, 11) is 1.35. The summed E-state index contributed by atoms with van der Waals surface area (Å²) in [5.74, 6) is 0.00896. The molecule has 1 amide bonds. The second-order valence-corrected chi connectivity index (χ2v) is 7.36. The highest BCUT2D eigenvalue weighted by Crippen LogP contribution is 2.26. The van der Waals surface area contributed by atoms with E-state index in [0.717, 1.165) is 56.5 Å². The SMILES string of the molecule is CCCCCN(Cc1nc(C(=O)OC)cs1)C(=O)C1CCCCC1. The molecule has 1 aromatic rings. The molecular weight excluding hydrogens is 324 g/mol. The third kappa shape index (κ3) is 5.30. The summed E-state index contributed by atoms with van der Waals surface area (Å²) < 4.78 is 4.70. The van der Waals surface area contributed by atoms with E-state index in [2.05, 4.69) is 11.9 Å². The summed E-state index contributed by atoms with van der Waals surface area (Å²) in [6.45, 7) is 3.44. The Bertz CT molecular complexity index is 538. The van der Waals surface area contributed by atoms with Crippen molar-refractivity contribution in [2.24, 2.45) is 5.92 Å². The average Bonchev–Trinajstić information content (AvgIpc) is 3.09. The van der Waals surface area contributed by atoms with Gasteiger partial charge < -0.3 is 9.64 Å². The molecule has 0 N–H and O–H groups in total. The molecule has 24 heavy (non-hydrogen) atoms. The van der Waals surface area contributed by atoms with Gasteiger partial charge in [-0.2, -0.15) is 0 Å². The number of carbonyl (C=O) groups excluding carboxylic acids is 2. The lowest BCUT2D eigenvalue weighted by atomic mass is 9.88. The van der Waals surface area contributed by atoms with Gasteiger partial charge in [-0.15, -0.1) is 11.3 Å². The minimum absolute atomic E-state index is 0.167. The van der Waals surface area contributed by atoms with E-state index in [9.17, 15) is 9.59 Å². The molecule has 1 aliphatic rings. The van der Waals surface area contributed by atoms with E-state index >= 15 is 0 Å². The van der Waals surface area contributed by atoms with Crippen LogP contribution in [0.5, 0.6) is 0 Å². The number of methoxy groups -OCH3 is 1. The molecule has 0 spiro atoms. The average molecular weight is 353 g/mol. The van der Waals surface area contributed by atoms with Gasteiger partial charge >= 0.3 is 5.97 Å². The van der Waals surface area contributed by atoms with Crippen LogP contribution in [-0.2, 0) is 16.1 Å². The first-order valence-electron chi connectivity index (χ1n) is 8.97. The molecular formula is C18H28N2O3S. The van der Waals surface area contributed by atoms with Crippen molar-refractivity contribution in [1.29, 1.82) is 0 Å². The third-order valence-electron chi connectivity index (χ3n) is 4.57. The monoisotopic (exact) mass is 352 g/mol. The standard InChI is InChI=1S/C18H28N2O3S/c1-3-4-8-11-20(17(21)14-9-6-5-7-10-14)12-16-19-15(13-24-16)18(22)23-2/h13-14H,3-12H2,1-2H3. The second-order valence-electron chi connectivity index (χ2n) is 6.42. The van der Waals surface area contributed by atoms with E-state index < -0.39 is 5.97 Å². The molecule has 6 heteroatoms. The van der Waals surface area contributed by atoms with Gasteiger partial charge in [-0.05, 0) is 19.3 Å². The van der Waals surface area contributed by atoms with Crippen LogP contribution < -0.4 is 0 Å². The number of thiazole rings is 1. The summed E-state index contributed by atoms with van der Waals surface area (Å²) in [6, 6.07) is 0. The van der Waals surface area contributed by atoms with Gasteiger partial charge in [-0.1, -0.05) is 39.0 Å². The number of unbranched alkanes of at least 4 members (excludes halogenated alkanes) is 2. The Labute approximate surface area is 148 Å². The van der Waals surface area contributed by atoms with E-state index in [1.165, 1.54) is 24.9 Å². The van der Waals surface area contributed by atoms with Gasteiger partial charge in [0.25, 0.3) is 0 Å². The molecule has 0 saturated heterocycles. The number of hydrogen-bond donors (Lipinski definition) is 0. The molecule has 0 aliphatic heterocycles. The van der Waals surface area contributed by atoms with Gasteiger partial charge in [0, 0.05) is 17.8 Å². The van der Waals surface area contributed by atoms with Gasteiger partial charge in [0.05, 0.1) is 13.7 Å². The molecule has 1 heterocycles. The van der Waals surface area contributed by atoms with E-state index in [0.29, 0.717) is 12.2 Å². The molecule has 2 rings (SSSR count). The highest BCUT2D eigenvalue weighted by Gasteiger charge is 2.26. The van der Waals surface area contributed by atoms with Crippen molar-refractivity contribution in [2.75, 3.05) is 13.7 Å². The lowest BCUT2D eigenvalue weighted by Gasteiger charge is -2.29. The molecule has 0 unspecified atom stereocenters. The van der Waals surface area contributed by atoms with Crippen molar-refractivity contribution < 1.29 is 14.3 Å². The zero-order chi connectivity index (χ0) is 17.4. The van der Waals surface area contributed by atoms with E-state index in [-0.39, 0.29) is 11.8 Å². The van der Waals surface area contributed by atoms with Crippen LogP contribution in [0.15, 0.2) is 5.38 Å². The van der Waals surface area contributed by atoms with E-state index in [1.807, 2.05) is 4.90 Å². The molecule has 134 valence electrons. The van der Waals surface area contributed by atoms with E-state index in [4.69, 9.17) is 4.74 Å². The summed E-state index contributed by atoms with van der Waals surface area (Å²) in [5, 5.41) is 2.51. The van der Waals surface area contributed by atoms with Crippen LogP contribution in [0.1, 0.15) is 73.8 Å². The summed E-state index contributed by atoms with van der Waals surface area (Å²) >= 11 is 1.42. The lowest BCUT2D eigenvalue weighted by Crippen LogP contribution is -2.37. The smallest absolute Gasteiger partial charge is 0.357 e.